The number of para-hydroxylation sites is 2. The van der Waals surface area contributed by atoms with E-state index >= 15 is 0 Å². The first-order chi connectivity index (χ1) is 27.2. The van der Waals surface area contributed by atoms with Gasteiger partial charge in [-0.05, 0) is 117 Å². The molecule has 2 nitrogen and oxygen atoms in total. The monoisotopic (exact) mass is 714 g/mol. The van der Waals surface area contributed by atoms with Gasteiger partial charge in [-0.3, -0.25) is 0 Å². The van der Waals surface area contributed by atoms with E-state index in [0.29, 0.717) is 0 Å². The third-order valence-electron chi connectivity index (χ3n) is 11.6. The number of rotatable bonds is 12. The van der Waals surface area contributed by atoms with Gasteiger partial charge in [-0.25, -0.2) is 0 Å². The standard InChI is InChI=1S/C53H46O2/c1-3-5-33-53(34-6-4-2)49-35-37(41-29-31-51(47-23-15-13-21-43(41)47)54-39-17-9-7-10-18-39)25-27-45(49)46-28-26-38(36-50(46)53)42-30-32-52(48-24-16-14-22-44(42)48)55-40-19-11-8-12-20-40/h7-32,35-36H,3-6,33-34H2,1-2H3. The maximum Gasteiger partial charge on any atom is 0.135 e. The van der Waals surface area contributed by atoms with E-state index in [9.17, 15) is 0 Å². The summed E-state index contributed by atoms with van der Waals surface area (Å²) in [6.45, 7) is 4.65. The Balaban J connectivity index is 1.16. The Morgan fingerprint density at radius 3 is 1.18 bits per heavy atom. The van der Waals surface area contributed by atoms with Crippen LogP contribution >= 0.6 is 0 Å². The number of hydrogen-bond donors (Lipinski definition) is 0. The highest BCUT2D eigenvalue weighted by molar-refractivity contribution is 6.02. The zero-order chi connectivity index (χ0) is 37.2. The molecule has 0 saturated carbocycles. The van der Waals surface area contributed by atoms with E-state index in [0.717, 1.165) is 46.6 Å². The van der Waals surface area contributed by atoms with Gasteiger partial charge in [0, 0.05) is 16.2 Å². The predicted molar refractivity (Wildman–Crippen MR) is 231 cm³/mol. The van der Waals surface area contributed by atoms with Crippen LogP contribution < -0.4 is 9.47 Å². The van der Waals surface area contributed by atoms with Crippen LogP contribution in [0.2, 0.25) is 0 Å². The third-order valence-corrected chi connectivity index (χ3v) is 11.6. The molecule has 0 fully saturated rings. The summed E-state index contributed by atoms with van der Waals surface area (Å²) in [7, 11) is 0. The maximum atomic E-state index is 6.42. The van der Waals surface area contributed by atoms with Gasteiger partial charge < -0.3 is 9.47 Å². The van der Waals surface area contributed by atoms with Crippen molar-refractivity contribution in [3.8, 4) is 56.4 Å². The summed E-state index contributed by atoms with van der Waals surface area (Å²) in [6, 6.07) is 60.8. The molecule has 8 aromatic rings. The van der Waals surface area contributed by atoms with Crippen LogP contribution in [0.4, 0.5) is 0 Å². The van der Waals surface area contributed by atoms with Crippen LogP contribution in [0.1, 0.15) is 63.5 Å². The summed E-state index contributed by atoms with van der Waals surface area (Å²) in [5, 5.41) is 4.64. The first-order valence-electron chi connectivity index (χ1n) is 20.0. The van der Waals surface area contributed by atoms with E-state index in [4.69, 9.17) is 9.47 Å². The average Bonchev–Trinajstić information content (AvgIpc) is 3.51. The Labute approximate surface area is 325 Å². The molecule has 1 aliphatic rings. The Kier molecular flexibility index (Phi) is 9.42. The third kappa shape index (κ3) is 6.36. The molecule has 0 spiro atoms. The summed E-state index contributed by atoms with van der Waals surface area (Å²) in [5.74, 6) is 3.44. The van der Waals surface area contributed by atoms with E-state index in [1.54, 1.807) is 0 Å². The zero-order valence-electron chi connectivity index (χ0n) is 31.7. The number of benzene rings is 8. The normalized spacial score (nSPS) is 12.8. The van der Waals surface area contributed by atoms with Crippen LogP contribution in [-0.4, -0.2) is 0 Å². The molecule has 9 rings (SSSR count). The van der Waals surface area contributed by atoms with E-state index in [-0.39, 0.29) is 5.41 Å². The van der Waals surface area contributed by atoms with Crippen molar-refractivity contribution in [1.29, 1.82) is 0 Å². The van der Waals surface area contributed by atoms with Crippen molar-refractivity contribution in [1.82, 2.24) is 0 Å². The van der Waals surface area contributed by atoms with Crippen molar-refractivity contribution in [3.05, 3.63) is 181 Å². The number of unbranched alkanes of at least 4 members (excludes halogenated alkanes) is 2. The van der Waals surface area contributed by atoms with Crippen molar-refractivity contribution in [3.63, 3.8) is 0 Å². The molecule has 55 heavy (non-hydrogen) atoms. The molecular formula is C53H46O2. The highest BCUT2D eigenvalue weighted by Gasteiger charge is 2.42. The lowest BCUT2D eigenvalue weighted by atomic mass is 9.70. The fourth-order valence-electron chi connectivity index (χ4n) is 8.91. The molecule has 0 aliphatic heterocycles. The van der Waals surface area contributed by atoms with Crippen molar-refractivity contribution >= 4 is 21.5 Å². The smallest absolute Gasteiger partial charge is 0.135 e. The Bertz CT molecular complexity index is 2440. The van der Waals surface area contributed by atoms with Crippen LogP contribution in [0.3, 0.4) is 0 Å². The van der Waals surface area contributed by atoms with Gasteiger partial charge in [0.1, 0.15) is 23.0 Å². The van der Waals surface area contributed by atoms with Gasteiger partial charge in [0.15, 0.2) is 0 Å². The minimum absolute atomic E-state index is 0.0684. The minimum atomic E-state index is -0.0684. The van der Waals surface area contributed by atoms with Gasteiger partial charge in [0.2, 0.25) is 0 Å². The Morgan fingerprint density at radius 2 is 0.764 bits per heavy atom. The molecule has 1 aliphatic carbocycles. The van der Waals surface area contributed by atoms with Crippen LogP contribution in [0.25, 0.3) is 54.9 Å². The predicted octanol–water partition coefficient (Wildman–Crippen LogP) is 15.6. The van der Waals surface area contributed by atoms with Crippen LogP contribution in [-0.2, 0) is 5.41 Å². The van der Waals surface area contributed by atoms with Gasteiger partial charge in [-0.1, -0.05) is 161 Å². The fraction of sp³-hybridized carbons (Fsp3) is 0.170. The molecule has 0 N–H and O–H groups in total. The summed E-state index contributed by atoms with van der Waals surface area (Å²) in [6.07, 6.45) is 6.95. The van der Waals surface area contributed by atoms with E-state index in [1.165, 1.54) is 81.0 Å². The van der Waals surface area contributed by atoms with Gasteiger partial charge >= 0.3 is 0 Å². The van der Waals surface area contributed by atoms with Gasteiger partial charge in [0.05, 0.1) is 0 Å². The second-order valence-electron chi connectivity index (χ2n) is 15.0. The van der Waals surface area contributed by atoms with Crippen molar-refractivity contribution in [2.24, 2.45) is 0 Å². The molecular weight excluding hydrogens is 669 g/mol. The molecule has 0 saturated heterocycles. The summed E-state index contributed by atoms with van der Waals surface area (Å²) in [4.78, 5) is 0. The topological polar surface area (TPSA) is 18.5 Å². The van der Waals surface area contributed by atoms with Crippen LogP contribution in [0, 0.1) is 0 Å². The van der Waals surface area contributed by atoms with Gasteiger partial charge in [-0.2, -0.15) is 0 Å². The molecule has 0 heterocycles. The lowest BCUT2D eigenvalue weighted by molar-refractivity contribution is 0.414. The quantitative estimate of drug-likeness (QED) is 0.125. The van der Waals surface area contributed by atoms with Crippen LogP contribution in [0.5, 0.6) is 23.0 Å². The summed E-state index contributed by atoms with van der Waals surface area (Å²) in [5.41, 5.74) is 10.6. The number of hydrogen-bond acceptors (Lipinski definition) is 2. The van der Waals surface area contributed by atoms with E-state index in [1.807, 2.05) is 60.7 Å². The molecule has 0 atom stereocenters. The SMILES string of the molecule is CCCCC1(CCCC)c2cc(-c3ccc(Oc4ccccc4)c4ccccc34)ccc2-c2ccc(-c3ccc(Oc4ccccc4)c4ccccc34)cc21. The number of ether oxygens (including phenoxy) is 2. The lowest BCUT2D eigenvalue weighted by Crippen LogP contribution is -2.25. The van der Waals surface area contributed by atoms with Gasteiger partial charge in [-0.15, -0.1) is 0 Å². The Morgan fingerprint density at radius 1 is 0.382 bits per heavy atom. The van der Waals surface area contributed by atoms with E-state index < -0.39 is 0 Å². The van der Waals surface area contributed by atoms with Crippen LogP contribution in [0.15, 0.2) is 170 Å². The Hall–Kier alpha value is -6.12. The maximum absolute atomic E-state index is 6.42. The fourth-order valence-corrected chi connectivity index (χ4v) is 8.91. The van der Waals surface area contributed by atoms with Crippen molar-refractivity contribution in [2.45, 2.75) is 57.8 Å². The lowest BCUT2D eigenvalue weighted by Gasteiger charge is -2.33. The van der Waals surface area contributed by atoms with E-state index in [2.05, 4.69) is 123 Å². The molecule has 270 valence electrons. The minimum Gasteiger partial charge on any atom is -0.457 e. The second-order valence-corrected chi connectivity index (χ2v) is 15.0. The second kappa shape index (κ2) is 15.0. The summed E-state index contributed by atoms with van der Waals surface area (Å²) >= 11 is 0. The molecule has 8 aromatic carbocycles. The molecule has 0 aromatic heterocycles. The highest BCUT2D eigenvalue weighted by atomic mass is 16.5. The summed E-state index contributed by atoms with van der Waals surface area (Å²) < 4.78 is 12.8. The zero-order valence-corrected chi connectivity index (χ0v) is 31.7. The number of fused-ring (bicyclic) bond motifs is 5. The first-order valence-corrected chi connectivity index (χ1v) is 20.0. The largest absolute Gasteiger partial charge is 0.457 e. The average molecular weight is 715 g/mol. The van der Waals surface area contributed by atoms with Crippen molar-refractivity contribution in [2.75, 3.05) is 0 Å². The van der Waals surface area contributed by atoms with Gasteiger partial charge in [0.25, 0.3) is 0 Å². The molecule has 0 amide bonds. The molecule has 0 unspecified atom stereocenters. The molecule has 0 radical (unpaired) electrons. The molecule has 0 bridgehead atoms. The molecule has 2 heteroatoms. The first kappa shape index (κ1) is 34.6. The van der Waals surface area contributed by atoms with Crippen molar-refractivity contribution < 1.29 is 9.47 Å². The highest BCUT2D eigenvalue weighted by Crippen LogP contribution is 2.56.